The molecule has 0 spiro atoms. The SMILES string of the molecule is NC(C1=CCCC1)c1ccc(Br)cc1Cl. The van der Waals surface area contributed by atoms with E-state index in [1.54, 1.807) is 0 Å². The second kappa shape index (κ2) is 4.69. The van der Waals surface area contributed by atoms with Crippen molar-refractivity contribution in [3.05, 3.63) is 44.9 Å². The fourth-order valence-electron chi connectivity index (χ4n) is 1.93. The van der Waals surface area contributed by atoms with Gasteiger partial charge in [-0.25, -0.2) is 0 Å². The Bertz CT molecular complexity index is 401. The molecule has 1 aliphatic carbocycles. The summed E-state index contributed by atoms with van der Waals surface area (Å²) in [4.78, 5) is 0. The average Bonchev–Trinajstić information content (AvgIpc) is 2.69. The highest BCUT2D eigenvalue weighted by Gasteiger charge is 2.17. The molecule has 15 heavy (non-hydrogen) atoms. The number of allylic oxidation sites excluding steroid dienone is 1. The van der Waals surface area contributed by atoms with Crippen molar-refractivity contribution in [3.8, 4) is 0 Å². The molecule has 0 fully saturated rings. The molecule has 0 aromatic heterocycles. The summed E-state index contributed by atoms with van der Waals surface area (Å²) in [5, 5.41) is 0.740. The number of benzene rings is 1. The zero-order chi connectivity index (χ0) is 10.8. The van der Waals surface area contributed by atoms with Gasteiger partial charge in [-0.3, -0.25) is 0 Å². The fourth-order valence-corrected chi connectivity index (χ4v) is 2.72. The maximum absolute atomic E-state index is 6.18. The third kappa shape index (κ3) is 2.44. The van der Waals surface area contributed by atoms with Gasteiger partial charge in [0.15, 0.2) is 0 Å². The monoisotopic (exact) mass is 285 g/mol. The van der Waals surface area contributed by atoms with Crippen molar-refractivity contribution in [3.63, 3.8) is 0 Å². The molecule has 1 aromatic carbocycles. The van der Waals surface area contributed by atoms with Gasteiger partial charge in [0.1, 0.15) is 0 Å². The lowest BCUT2D eigenvalue weighted by atomic mass is 9.99. The minimum atomic E-state index is -0.0342. The van der Waals surface area contributed by atoms with Crippen LogP contribution in [0, 0.1) is 0 Å². The summed E-state index contributed by atoms with van der Waals surface area (Å²) in [5.41, 5.74) is 8.52. The van der Waals surface area contributed by atoms with E-state index in [1.807, 2.05) is 18.2 Å². The molecule has 0 saturated heterocycles. The van der Waals surface area contributed by atoms with Crippen LogP contribution in [0.1, 0.15) is 30.9 Å². The number of rotatable bonds is 2. The third-order valence-electron chi connectivity index (χ3n) is 2.77. The molecule has 0 bridgehead atoms. The molecule has 3 heteroatoms. The molecule has 1 nitrogen and oxygen atoms in total. The minimum Gasteiger partial charge on any atom is -0.321 e. The van der Waals surface area contributed by atoms with E-state index >= 15 is 0 Å². The van der Waals surface area contributed by atoms with E-state index < -0.39 is 0 Å². The van der Waals surface area contributed by atoms with Gasteiger partial charge in [-0.15, -0.1) is 0 Å². The Kier molecular flexibility index (Phi) is 3.49. The first-order valence-corrected chi connectivity index (χ1v) is 6.25. The summed E-state index contributed by atoms with van der Waals surface area (Å²) in [7, 11) is 0. The van der Waals surface area contributed by atoms with Crippen LogP contribution in [0.2, 0.25) is 5.02 Å². The molecule has 80 valence electrons. The summed E-state index contributed by atoms with van der Waals surface area (Å²) >= 11 is 9.55. The number of halogens is 2. The van der Waals surface area contributed by atoms with Gasteiger partial charge in [0.2, 0.25) is 0 Å². The maximum Gasteiger partial charge on any atom is 0.0525 e. The van der Waals surface area contributed by atoms with Gasteiger partial charge in [-0.2, -0.15) is 0 Å². The van der Waals surface area contributed by atoms with Crippen molar-refractivity contribution < 1.29 is 0 Å². The topological polar surface area (TPSA) is 26.0 Å². The molecule has 1 aliphatic rings. The summed E-state index contributed by atoms with van der Waals surface area (Å²) < 4.78 is 0.990. The Balaban J connectivity index is 2.28. The Morgan fingerprint density at radius 3 is 2.80 bits per heavy atom. The lowest BCUT2D eigenvalue weighted by Gasteiger charge is -2.15. The summed E-state index contributed by atoms with van der Waals surface area (Å²) in [5.74, 6) is 0. The van der Waals surface area contributed by atoms with Gasteiger partial charge < -0.3 is 5.73 Å². The zero-order valence-electron chi connectivity index (χ0n) is 8.34. The predicted molar refractivity (Wildman–Crippen MR) is 68.0 cm³/mol. The van der Waals surface area contributed by atoms with Crippen LogP contribution in [-0.2, 0) is 0 Å². The first-order chi connectivity index (χ1) is 7.18. The first-order valence-electron chi connectivity index (χ1n) is 5.08. The highest BCUT2D eigenvalue weighted by Crippen LogP contribution is 2.33. The highest BCUT2D eigenvalue weighted by molar-refractivity contribution is 9.10. The third-order valence-corrected chi connectivity index (χ3v) is 3.59. The number of hydrogen-bond acceptors (Lipinski definition) is 1. The highest BCUT2D eigenvalue weighted by atomic mass is 79.9. The molecule has 1 atom stereocenters. The fraction of sp³-hybridized carbons (Fsp3) is 0.333. The van der Waals surface area contributed by atoms with Crippen molar-refractivity contribution in [1.29, 1.82) is 0 Å². The molecule has 0 amide bonds. The van der Waals surface area contributed by atoms with Crippen LogP contribution in [0.4, 0.5) is 0 Å². The van der Waals surface area contributed by atoms with Crippen LogP contribution < -0.4 is 5.73 Å². The summed E-state index contributed by atoms with van der Waals surface area (Å²) in [6.45, 7) is 0. The molecule has 2 N–H and O–H groups in total. The Morgan fingerprint density at radius 2 is 2.20 bits per heavy atom. The van der Waals surface area contributed by atoms with Crippen molar-refractivity contribution in [2.75, 3.05) is 0 Å². The van der Waals surface area contributed by atoms with Gasteiger partial charge >= 0.3 is 0 Å². The molecule has 1 aromatic rings. The lowest BCUT2D eigenvalue weighted by molar-refractivity contribution is 0.785. The van der Waals surface area contributed by atoms with Gasteiger partial charge in [0.05, 0.1) is 6.04 Å². The van der Waals surface area contributed by atoms with Gasteiger partial charge in [0, 0.05) is 9.50 Å². The summed E-state index contributed by atoms with van der Waals surface area (Å²) in [6.07, 6.45) is 5.71. The van der Waals surface area contributed by atoms with E-state index in [0.717, 1.165) is 27.9 Å². The second-order valence-electron chi connectivity index (χ2n) is 3.81. The van der Waals surface area contributed by atoms with E-state index in [1.165, 1.54) is 12.0 Å². The van der Waals surface area contributed by atoms with Crippen molar-refractivity contribution in [2.24, 2.45) is 5.73 Å². The lowest BCUT2D eigenvalue weighted by Crippen LogP contribution is -2.12. The molecular formula is C12H13BrClN. The molecule has 0 aliphatic heterocycles. The zero-order valence-corrected chi connectivity index (χ0v) is 10.7. The van der Waals surface area contributed by atoms with Crippen LogP contribution in [0.5, 0.6) is 0 Å². The van der Waals surface area contributed by atoms with Crippen LogP contribution in [0.25, 0.3) is 0 Å². The van der Waals surface area contributed by atoms with E-state index in [4.69, 9.17) is 17.3 Å². The van der Waals surface area contributed by atoms with E-state index in [-0.39, 0.29) is 6.04 Å². The standard InChI is InChI=1S/C12H13BrClN/c13-9-5-6-10(11(14)7-9)12(15)8-3-1-2-4-8/h3,5-7,12H,1-2,4,15H2. The van der Waals surface area contributed by atoms with Gasteiger partial charge in [-0.1, -0.05) is 45.2 Å². The quantitative estimate of drug-likeness (QED) is 0.810. The Hall–Kier alpha value is -0.310. The maximum atomic E-state index is 6.18. The minimum absolute atomic E-state index is 0.0342. The number of nitrogens with two attached hydrogens (primary N) is 1. The largest absolute Gasteiger partial charge is 0.321 e. The molecule has 0 saturated carbocycles. The Morgan fingerprint density at radius 1 is 1.40 bits per heavy atom. The smallest absolute Gasteiger partial charge is 0.0525 e. The van der Waals surface area contributed by atoms with Crippen molar-refractivity contribution >= 4 is 27.5 Å². The molecule has 0 radical (unpaired) electrons. The van der Waals surface area contributed by atoms with E-state index in [9.17, 15) is 0 Å². The normalized spacial score (nSPS) is 17.7. The molecular weight excluding hydrogens is 273 g/mol. The Labute approximate surface area is 103 Å². The molecule has 0 heterocycles. The molecule has 1 unspecified atom stereocenters. The molecule has 2 rings (SSSR count). The van der Waals surface area contributed by atoms with Crippen LogP contribution in [0.15, 0.2) is 34.3 Å². The van der Waals surface area contributed by atoms with Gasteiger partial charge in [0.25, 0.3) is 0 Å². The van der Waals surface area contributed by atoms with E-state index in [0.29, 0.717) is 0 Å². The predicted octanol–water partition coefficient (Wildman–Crippen LogP) is 4.21. The average molecular weight is 287 g/mol. The van der Waals surface area contributed by atoms with Crippen LogP contribution >= 0.6 is 27.5 Å². The van der Waals surface area contributed by atoms with Crippen LogP contribution in [-0.4, -0.2) is 0 Å². The van der Waals surface area contributed by atoms with E-state index in [2.05, 4.69) is 22.0 Å². The van der Waals surface area contributed by atoms with Crippen LogP contribution in [0.3, 0.4) is 0 Å². The van der Waals surface area contributed by atoms with Crippen molar-refractivity contribution in [1.82, 2.24) is 0 Å². The number of hydrogen-bond donors (Lipinski definition) is 1. The van der Waals surface area contributed by atoms with Gasteiger partial charge in [-0.05, 0) is 37.0 Å². The first kappa shape index (κ1) is 11.2. The van der Waals surface area contributed by atoms with Crippen molar-refractivity contribution in [2.45, 2.75) is 25.3 Å². The second-order valence-corrected chi connectivity index (χ2v) is 5.14. The summed E-state index contributed by atoms with van der Waals surface area (Å²) in [6, 6.07) is 5.84.